The lowest BCUT2D eigenvalue weighted by Crippen LogP contribution is -2.24. The van der Waals surface area contributed by atoms with Crippen LogP contribution in [-0.4, -0.2) is 11.1 Å². The van der Waals surface area contributed by atoms with Gasteiger partial charge in [-0.05, 0) is 41.8 Å². The van der Waals surface area contributed by atoms with Crippen LogP contribution < -0.4 is 14.8 Å². The van der Waals surface area contributed by atoms with Gasteiger partial charge in [-0.25, -0.2) is 4.79 Å². The fraction of sp³-hybridized carbons (Fsp3) is 0.154. The van der Waals surface area contributed by atoms with E-state index in [9.17, 15) is 9.59 Å². The van der Waals surface area contributed by atoms with Crippen molar-refractivity contribution in [3.05, 3.63) is 95.7 Å². The Morgan fingerprint density at radius 3 is 2.52 bits per heavy atom. The average molecular weight is 461 g/mol. The van der Waals surface area contributed by atoms with Crippen molar-refractivity contribution in [2.75, 3.05) is 5.32 Å². The third-order valence-corrected chi connectivity index (χ3v) is 5.60. The summed E-state index contributed by atoms with van der Waals surface area (Å²) in [4.78, 5) is 24.5. The first-order chi connectivity index (χ1) is 16.1. The fourth-order valence-electron chi connectivity index (χ4n) is 3.30. The number of hydrogen-bond acceptors (Lipinski definition) is 5. The molecule has 1 aromatic heterocycles. The van der Waals surface area contributed by atoms with E-state index < -0.39 is 6.03 Å². The second-order valence-corrected chi connectivity index (χ2v) is 8.26. The van der Waals surface area contributed by atoms with Gasteiger partial charge in [0, 0.05) is 29.1 Å². The standard InChI is InChI=1S/C26H24N2O4S/c1-2-6-18-11-13-19(14-12-18)17-31-22-9-5-8-21(16-22)27-26(30)28-33-25(29)24-15-20-7-3-4-10-23(20)32-24/h3-5,7-16H,2,6,17H2,1H3,(H2,27,28,30). The number of para-hydroxylation sites is 1. The number of aryl methyl sites for hydroxylation is 1. The molecule has 0 bridgehead atoms. The monoisotopic (exact) mass is 460 g/mol. The Hall–Kier alpha value is -3.71. The molecular weight excluding hydrogens is 436 g/mol. The third kappa shape index (κ3) is 6.17. The summed E-state index contributed by atoms with van der Waals surface area (Å²) < 4.78 is 13.9. The maximum atomic E-state index is 12.3. The van der Waals surface area contributed by atoms with Crippen LogP contribution in [-0.2, 0) is 13.0 Å². The maximum absolute atomic E-state index is 12.3. The molecule has 3 aromatic carbocycles. The number of anilines is 1. The summed E-state index contributed by atoms with van der Waals surface area (Å²) >= 11 is 0.662. The summed E-state index contributed by atoms with van der Waals surface area (Å²) in [6.07, 6.45) is 2.19. The van der Waals surface area contributed by atoms with Crippen LogP contribution in [0.15, 0.2) is 83.3 Å². The maximum Gasteiger partial charge on any atom is 0.329 e. The lowest BCUT2D eigenvalue weighted by atomic mass is 10.1. The number of fused-ring (bicyclic) bond motifs is 1. The van der Waals surface area contributed by atoms with Crippen molar-refractivity contribution in [2.45, 2.75) is 26.4 Å². The van der Waals surface area contributed by atoms with Gasteiger partial charge >= 0.3 is 6.03 Å². The summed E-state index contributed by atoms with van der Waals surface area (Å²) in [7, 11) is 0. The van der Waals surface area contributed by atoms with Gasteiger partial charge in [-0.2, -0.15) is 0 Å². The highest BCUT2D eigenvalue weighted by molar-refractivity contribution is 8.12. The van der Waals surface area contributed by atoms with Crippen molar-refractivity contribution in [2.24, 2.45) is 0 Å². The number of amides is 2. The van der Waals surface area contributed by atoms with Crippen molar-refractivity contribution in [3.8, 4) is 5.75 Å². The van der Waals surface area contributed by atoms with E-state index >= 15 is 0 Å². The molecule has 4 rings (SSSR count). The summed E-state index contributed by atoms with van der Waals surface area (Å²) in [6, 6.07) is 24.0. The molecule has 0 atom stereocenters. The molecular formula is C26H24N2O4S. The molecule has 0 aliphatic heterocycles. The van der Waals surface area contributed by atoms with E-state index in [-0.39, 0.29) is 10.9 Å². The molecule has 168 valence electrons. The Morgan fingerprint density at radius 2 is 1.73 bits per heavy atom. The van der Waals surface area contributed by atoms with E-state index in [0.29, 0.717) is 35.6 Å². The van der Waals surface area contributed by atoms with Crippen LogP contribution in [0.1, 0.15) is 35.0 Å². The SMILES string of the molecule is CCCc1ccc(COc2cccc(NC(=O)NSC(=O)c3cc4ccccc4o3)c2)cc1. The second kappa shape index (κ2) is 10.7. The van der Waals surface area contributed by atoms with E-state index in [2.05, 4.69) is 41.2 Å². The molecule has 0 unspecified atom stereocenters. The number of ether oxygens (including phenoxy) is 1. The largest absolute Gasteiger partial charge is 0.489 e. The number of furan rings is 1. The Balaban J connectivity index is 1.27. The van der Waals surface area contributed by atoms with Gasteiger partial charge < -0.3 is 14.5 Å². The smallest absolute Gasteiger partial charge is 0.329 e. The highest BCUT2D eigenvalue weighted by atomic mass is 32.2. The summed E-state index contributed by atoms with van der Waals surface area (Å²) in [5.41, 5.74) is 3.57. The minimum atomic E-state index is -0.520. The van der Waals surface area contributed by atoms with Gasteiger partial charge in [0.1, 0.15) is 17.9 Å². The van der Waals surface area contributed by atoms with E-state index in [1.54, 1.807) is 30.3 Å². The van der Waals surface area contributed by atoms with Crippen molar-refractivity contribution >= 4 is 39.8 Å². The summed E-state index contributed by atoms with van der Waals surface area (Å²) in [5.74, 6) is 0.816. The zero-order valence-corrected chi connectivity index (χ0v) is 19.0. The van der Waals surface area contributed by atoms with Crippen LogP contribution in [0.5, 0.6) is 5.75 Å². The number of benzene rings is 3. The van der Waals surface area contributed by atoms with Gasteiger partial charge in [0.05, 0.1) is 0 Å². The molecule has 0 spiro atoms. The molecule has 0 saturated carbocycles. The first-order valence-electron chi connectivity index (χ1n) is 10.7. The van der Waals surface area contributed by atoms with Crippen LogP contribution in [0.2, 0.25) is 0 Å². The van der Waals surface area contributed by atoms with Crippen LogP contribution in [0.25, 0.3) is 11.0 Å². The van der Waals surface area contributed by atoms with Crippen LogP contribution in [0.4, 0.5) is 10.5 Å². The number of urea groups is 1. The molecule has 4 aromatic rings. The Kier molecular flexibility index (Phi) is 7.32. The molecule has 2 amide bonds. The average Bonchev–Trinajstić information content (AvgIpc) is 3.27. The number of nitrogens with one attached hydrogen (secondary N) is 2. The first kappa shape index (κ1) is 22.5. The van der Waals surface area contributed by atoms with Crippen molar-refractivity contribution < 1.29 is 18.7 Å². The Labute approximate surface area is 196 Å². The molecule has 1 heterocycles. The van der Waals surface area contributed by atoms with Crippen molar-refractivity contribution in [1.29, 1.82) is 0 Å². The third-order valence-electron chi connectivity index (χ3n) is 4.92. The Bertz CT molecular complexity index is 1220. The van der Waals surface area contributed by atoms with Gasteiger partial charge in [-0.1, -0.05) is 61.9 Å². The summed E-state index contributed by atoms with van der Waals surface area (Å²) in [5, 5.41) is 3.15. The lowest BCUT2D eigenvalue weighted by Gasteiger charge is -2.10. The molecule has 0 aliphatic carbocycles. The molecule has 2 N–H and O–H groups in total. The zero-order chi connectivity index (χ0) is 23.0. The van der Waals surface area contributed by atoms with Gasteiger partial charge in [-0.3, -0.25) is 9.52 Å². The number of carbonyl (C=O) groups excluding carboxylic acids is 2. The highest BCUT2D eigenvalue weighted by Crippen LogP contribution is 2.22. The van der Waals surface area contributed by atoms with E-state index in [4.69, 9.17) is 9.15 Å². The summed E-state index contributed by atoms with van der Waals surface area (Å²) in [6.45, 7) is 2.60. The minimum Gasteiger partial charge on any atom is -0.489 e. The van der Waals surface area contributed by atoms with E-state index in [1.165, 1.54) is 5.56 Å². The number of hydrogen-bond donors (Lipinski definition) is 2. The minimum absolute atomic E-state index is 0.180. The van der Waals surface area contributed by atoms with Crippen LogP contribution >= 0.6 is 11.9 Å². The number of rotatable bonds is 7. The van der Waals surface area contributed by atoms with Crippen LogP contribution in [0, 0.1) is 0 Å². The molecule has 7 heteroatoms. The predicted octanol–water partition coefficient (Wildman–Crippen LogP) is 6.57. The van der Waals surface area contributed by atoms with Gasteiger partial charge in [0.2, 0.25) is 0 Å². The Morgan fingerprint density at radius 1 is 0.939 bits per heavy atom. The molecule has 0 saturated heterocycles. The lowest BCUT2D eigenvalue weighted by molar-refractivity contribution is 0.106. The van der Waals surface area contributed by atoms with E-state index in [0.717, 1.165) is 23.8 Å². The molecule has 6 nitrogen and oxygen atoms in total. The van der Waals surface area contributed by atoms with Gasteiger partial charge in [0.25, 0.3) is 5.12 Å². The van der Waals surface area contributed by atoms with E-state index in [1.807, 2.05) is 24.3 Å². The highest BCUT2D eigenvalue weighted by Gasteiger charge is 2.15. The molecule has 0 fully saturated rings. The molecule has 0 radical (unpaired) electrons. The molecule has 33 heavy (non-hydrogen) atoms. The second-order valence-electron chi connectivity index (χ2n) is 7.48. The topological polar surface area (TPSA) is 80.6 Å². The zero-order valence-electron chi connectivity index (χ0n) is 18.2. The quantitative estimate of drug-likeness (QED) is 0.305. The van der Waals surface area contributed by atoms with Crippen molar-refractivity contribution in [3.63, 3.8) is 0 Å². The fourth-order valence-corrected chi connectivity index (χ4v) is 3.74. The van der Waals surface area contributed by atoms with Crippen molar-refractivity contribution in [1.82, 2.24) is 4.72 Å². The molecule has 0 aliphatic rings. The first-order valence-corrected chi connectivity index (χ1v) is 11.5. The normalized spacial score (nSPS) is 10.7. The van der Waals surface area contributed by atoms with Gasteiger partial charge in [-0.15, -0.1) is 0 Å². The van der Waals surface area contributed by atoms with Crippen LogP contribution in [0.3, 0.4) is 0 Å². The predicted molar refractivity (Wildman–Crippen MR) is 132 cm³/mol. The number of carbonyl (C=O) groups is 2. The van der Waals surface area contributed by atoms with Gasteiger partial charge in [0.15, 0.2) is 5.76 Å².